The summed E-state index contributed by atoms with van der Waals surface area (Å²) in [7, 11) is 0. The molecule has 0 heterocycles. The molecule has 2 nitrogen and oxygen atoms in total. The van der Waals surface area contributed by atoms with E-state index in [0.717, 1.165) is 43.9 Å². The molecule has 0 radical (unpaired) electrons. The number of hydrogen-bond acceptors (Lipinski definition) is 2. The van der Waals surface area contributed by atoms with E-state index < -0.39 is 0 Å². The molecule has 2 saturated carbocycles. The molecule has 1 unspecified atom stereocenters. The van der Waals surface area contributed by atoms with Crippen LogP contribution < -0.4 is 4.90 Å². The van der Waals surface area contributed by atoms with E-state index in [4.69, 9.17) is 0 Å². The zero-order valence-corrected chi connectivity index (χ0v) is 15.5. The number of nitriles is 1. The highest BCUT2D eigenvalue weighted by Crippen LogP contribution is 2.35. The molecule has 2 heteroatoms. The van der Waals surface area contributed by atoms with Gasteiger partial charge in [0.15, 0.2) is 0 Å². The van der Waals surface area contributed by atoms with Gasteiger partial charge in [0.05, 0.1) is 6.07 Å². The summed E-state index contributed by atoms with van der Waals surface area (Å²) < 4.78 is 0. The lowest BCUT2D eigenvalue weighted by Gasteiger charge is -2.25. The highest BCUT2D eigenvalue weighted by molar-refractivity contribution is 5.48. The number of aryl methyl sites for hydroxylation is 1. The van der Waals surface area contributed by atoms with E-state index in [-0.39, 0.29) is 5.92 Å². The minimum Gasteiger partial charge on any atom is -0.371 e. The number of rotatable bonds is 12. The van der Waals surface area contributed by atoms with E-state index >= 15 is 0 Å². The van der Waals surface area contributed by atoms with E-state index in [0.29, 0.717) is 0 Å². The molecular weight excluding hydrogens is 304 g/mol. The van der Waals surface area contributed by atoms with Gasteiger partial charge in [-0.3, -0.25) is 0 Å². The maximum absolute atomic E-state index is 9.32. The van der Waals surface area contributed by atoms with Gasteiger partial charge in [0, 0.05) is 24.7 Å². The van der Waals surface area contributed by atoms with Gasteiger partial charge in [-0.2, -0.15) is 5.26 Å². The predicted octanol–water partition coefficient (Wildman–Crippen LogP) is 5.74. The fourth-order valence-corrected chi connectivity index (χ4v) is 3.51. The Kier molecular flexibility index (Phi) is 6.56. The number of allylic oxidation sites excluding steroid dienone is 1. The largest absolute Gasteiger partial charge is 0.371 e. The quantitative estimate of drug-likeness (QED) is 0.359. The Morgan fingerprint density at radius 3 is 2.24 bits per heavy atom. The molecule has 1 aromatic carbocycles. The smallest absolute Gasteiger partial charge is 0.0655 e. The molecule has 0 bridgehead atoms. The van der Waals surface area contributed by atoms with Crippen LogP contribution in [0.5, 0.6) is 0 Å². The first-order valence-electron chi connectivity index (χ1n) is 10.1. The topological polar surface area (TPSA) is 27.0 Å². The SMILES string of the molecule is C=CCCCC(C#N)CCc1ccc(N(CC2CC2)CC2CC2)cc1. The van der Waals surface area contributed by atoms with Crippen molar-refractivity contribution in [1.29, 1.82) is 5.26 Å². The summed E-state index contributed by atoms with van der Waals surface area (Å²) in [6.45, 7) is 6.25. The minimum atomic E-state index is 0.181. The fourth-order valence-electron chi connectivity index (χ4n) is 3.51. The molecule has 3 rings (SSSR count). The van der Waals surface area contributed by atoms with Crippen LogP contribution in [0.2, 0.25) is 0 Å². The van der Waals surface area contributed by atoms with Crippen molar-refractivity contribution in [3.05, 3.63) is 42.5 Å². The van der Waals surface area contributed by atoms with Crippen molar-refractivity contribution in [3.63, 3.8) is 0 Å². The molecule has 0 aliphatic heterocycles. The van der Waals surface area contributed by atoms with Crippen molar-refractivity contribution in [2.75, 3.05) is 18.0 Å². The Bertz CT molecular complexity index is 561. The van der Waals surface area contributed by atoms with E-state index in [1.807, 2.05) is 6.08 Å². The molecule has 0 aromatic heterocycles. The molecule has 0 amide bonds. The van der Waals surface area contributed by atoms with Crippen molar-refractivity contribution in [3.8, 4) is 6.07 Å². The second kappa shape index (κ2) is 9.09. The van der Waals surface area contributed by atoms with Gasteiger partial charge in [0.1, 0.15) is 0 Å². The Morgan fingerprint density at radius 2 is 1.72 bits per heavy atom. The van der Waals surface area contributed by atoms with Gasteiger partial charge in [-0.15, -0.1) is 6.58 Å². The first kappa shape index (κ1) is 18.1. The molecule has 2 aliphatic rings. The number of benzene rings is 1. The molecule has 2 aliphatic carbocycles. The van der Waals surface area contributed by atoms with Crippen LogP contribution >= 0.6 is 0 Å². The Morgan fingerprint density at radius 1 is 1.08 bits per heavy atom. The van der Waals surface area contributed by atoms with Gasteiger partial charge in [0.25, 0.3) is 0 Å². The summed E-state index contributed by atoms with van der Waals surface area (Å²) in [6.07, 6.45) is 12.7. The van der Waals surface area contributed by atoms with Crippen LogP contribution in [-0.4, -0.2) is 13.1 Å². The van der Waals surface area contributed by atoms with Gasteiger partial charge in [-0.05, 0) is 87.3 Å². The van der Waals surface area contributed by atoms with Gasteiger partial charge < -0.3 is 4.90 Å². The zero-order chi connectivity index (χ0) is 17.5. The normalized spacial score (nSPS) is 17.7. The monoisotopic (exact) mass is 336 g/mol. The van der Waals surface area contributed by atoms with E-state index in [9.17, 15) is 5.26 Å². The zero-order valence-electron chi connectivity index (χ0n) is 15.5. The third-order valence-corrected chi connectivity index (χ3v) is 5.58. The molecule has 1 atom stereocenters. The van der Waals surface area contributed by atoms with Crippen molar-refractivity contribution in [1.82, 2.24) is 0 Å². The highest BCUT2D eigenvalue weighted by Gasteiger charge is 2.29. The van der Waals surface area contributed by atoms with E-state index in [1.165, 1.54) is 50.0 Å². The van der Waals surface area contributed by atoms with Crippen LogP contribution in [0.1, 0.15) is 56.9 Å². The maximum atomic E-state index is 9.32. The highest BCUT2D eigenvalue weighted by atomic mass is 15.1. The third kappa shape index (κ3) is 6.24. The van der Waals surface area contributed by atoms with Crippen molar-refractivity contribution < 1.29 is 0 Å². The predicted molar refractivity (Wildman–Crippen MR) is 106 cm³/mol. The van der Waals surface area contributed by atoms with Crippen LogP contribution in [0, 0.1) is 29.1 Å². The standard InChI is InChI=1S/C23H32N2/c1-2-3-4-5-20(16-24)7-6-19-12-14-23(15-13-19)25(17-21-8-9-21)18-22-10-11-22/h2,12-15,20-22H,1,3-11,17-18H2. The Labute approximate surface area is 153 Å². The summed E-state index contributed by atoms with van der Waals surface area (Å²) in [6, 6.07) is 11.6. The molecule has 25 heavy (non-hydrogen) atoms. The minimum absolute atomic E-state index is 0.181. The van der Waals surface area contributed by atoms with Gasteiger partial charge >= 0.3 is 0 Å². The van der Waals surface area contributed by atoms with Crippen LogP contribution in [0.25, 0.3) is 0 Å². The maximum Gasteiger partial charge on any atom is 0.0655 e. The molecule has 0 N–H and O–H groups in total. The first-order chi connectivity index (χ1) is 12.3. The summed E-state index contributed by atoms with van der Waals surface area (Å²) in [5.74, 6) is 2.05. The number of unbranched alkanes of at least 4 members (excludes halogenated alkanes) is 1. The average Bonchev–Trinajstić information content (AvgIpc) is 3.54. The molecular formula is C23H32N2. The second-order valence-electron chi connectivity index (χ2n) is 8.04. The molecule has 1 aromatic rings. The molecule has 134 valence electrons. The molecule has 0 spiro atoms. The molecule has 2 fully saturated rings. The fraction of sp³-hybridized carbons (Fsp3) is 0.609. The van der Waals surface area contributed by atoms with Crippen LogP contribution in [0.3, 0.4) is 0 Å². The first-order valence-corrected chi connectivity index (χ1v) is 10.1. The summed E-state index contributed by atoms with van der Waals surface area (Å²) >= 11 is 0. The number of nitrogens with zero attached hydrogens (tertiary/aromatic N) is 2. The van der Waals surface area contributed by atoms with Gasteiger partial charge in [-0.25, -0.2) is 0 Å². The summed E-state index contributed by atoms with van der Waals surface area (Å²) in [5.41, 5.74) is 2.76. The van der Waals surface area contributed by atoms with Crippen LogP contribution in [-0.2, 0) is 6.42 Å². The van der Waals surface area contributed by atoms with Gasteiger partial charge in [-0.1, -0.05) is 18.2 Å². The van der Waals surface area contributed by atoms with Crippen molar-refractivity contribution >= 4 is 5.69 Å². The lowest BCUT2D eigenvalue weighted by molar-refractivity contribution is 0.536. The van der Waals surface area contributed by atoms with E-state index in [2.05, 4.69) is 41.8 Å². The van der Waals surface area contributed by atoms with Crippen LogP contribution in [0.15, 0.2) is 36.9 Å². The average molecular weight is 337 g/mol. The summed E-state index contributed by atoms with van der Waals surface area (Å²) in [4.78, 5) is 2.62. The second-order valence-corrected chi connectivity index (χ2v) is 8.04. The van der Waals surface area contributed by atoms with Crippen molar-refractivity contribution in [2.45, 2.75) is 57.8 Å². The molecule has 0 saturated heterocycles. The number of hydrogen-bond donors (Lipinski definition) is 0. The Balaban J connectivity index is 1.49. The Hall–Kier alpha value is -1.75. The summed E-state index contributed by atoms with van der Waals surface area (Å²) in [5, 5.41) is 9.32. The van der Waals surface area contributed by atoms with E-state index in [1.54, 1.807) is 0 Å². The number of anilines is 1. The van der Waals surface area contributed by atoms with Gasteiger partial charge in [0.2, 0.25) is 0 Å². The lowest BCUT2D eigenvalue weighted by Crippen LogP contribution is -2.27. The van der Waals surface area contributed by atoms with Crippen molar-refractivity contribution in [2.24, 2.45) is 17.8 Å². The third-order valence-electron chi connectivity index (χ3n) is 5.58. The van der Waals surface area contributed by atoms with Crippen LogP contribution in [0.4, 0.5) is 5.69 Å². The lowest BCUT2D eigenvalue weighted by atomic mass is 9.95.